The number of imidazole rings is 1. The summed E-state index contributed by atoms with van der Waals surface area (Å²) < 4.78 is 50.6. The maximum absolute atomic E-state index is 14.5. The predicted octanol–water partition coefficient (Wildman–Crippen LogP) is 5.81. The Bertz CT molecular complexity index is 1560. The van der Waals surface area contributed by atoms with Crippen molar-refractivity contribution in [2.75, 3.05) is 0 Å². The molecule has 37 heavy (non-hydrogen) atoms. The van der Waals surface area contributed by atoms with Crippen LogP contribution in [0.1, 0.15) is 24.0 Å². The van der Waals surface area contributed by atoms with Gasteiger partial charge in [0.25, 0.3) is 0 Å². The van der Waals surface area contributed by atoms with E-state index in [1.54, 1.807) is 18.2 Å². The first kappa shape index (κ1) is 26.3. The van der Waals surface area contributed by atoms with E-state index in [0.29, 0.717) is 16.6 Å². The van der Waals surface area contributed by atoms with Crippen LogP contribution in [0.5, 0.6) is 5.75 Å². The first-order valence-electron chi connectivity index (χ1n) is 11.0. The number of halogens is 4. The largest absolute Gasteiger partial charge is 0.511 e. The Kier molecular flexibility index (Phi) is 6.60. The van der Waals surface area contributed by atoms with E-state index in [1.165, 1.54) is 66.6 Å². The molecule has 1 aromatic heterocycles. The highest BCUT2D eigenvalue weighted by atomic mass is 35.5. The number of benzene rings is 3. The van der Waals surface area contributed by atoms with Gasteiger partial charge in [-0.05, 0) is 52.6 Å². The van der Waals surface area contributed by atoms with Gasteiger partial charge in [0.05, 0.1) is 11.0 Å². The lowest BCUT2D eigenvalue weighted by Gasteiger charge is -2.37. The number of alkyl halides is 3. The average Bonchev–Trinajstić information content (AvgIpc) is 3.06. The lowest BCUT2D eigenvalue weighted by Crippen LogP contribution is -2.46. The molecule has 0 saturated carbocycles. The molecule has 0 aliphatic heterocycles. The van der Waals surface area contributed by atoms with Crippen LogP contribution in [0.2, 0.25) is 5.02 Å². The number of aliphatic hydroxyl groups is 1. The van der Waals surface area contributed by atoms with E-state index < -0.39 is 35.1 Å². The smallest absolute Gasteiger partial charge is 0.449 e. The second kappa shape index (κ2) is 9.28. The molecule has 0 radical (unpaired) electrons. The van der Waals surface area contributed by atoms with Gasteiger partial charge in [0, 0.05) is 25.0 Å². The summed E-state index contributed by atoms with van der Waals surface area (Å²) in [5.41, 5.74) is -2.20. The van der Waals surface area contributed by atoms with E-state index in [9.17, 15) is 27.9 Å². The SMILES string of the molecule is CC(c1ccc(-c2ccc(OC(=O)O)cc2)cc1Cl)C(O)(c1ccc2c(c1)n(C)c(=O)n2C)C(F)(F)F. The van der Waals surface area contributed by atoms with Crippen molar-refractivity contribution in [1.29, 1.82) is 0 Å². The number of aryl methyl sites for hydroxylation is 2. The molecule has 2 unspecified atom stereocenters. The third kappa shape index (κ3) is 4.47. The number of hydrogen-bond donors (Lipinski definition) is 2. The molecule has 194 valence electrons. The molecular weight excluding hydrogens is 513 g/mol. The molecule has 0 aliphatic carbocycles. The summed E-state index contributed by atoms with van der Waals surface area (Å²) in [4.78, 5) is 22.9. The molecule has 7 nitrogen and oxygen atoms in total. The molecule has 0 amide bonds. The van der Waals surface area contributed by atoms with Crippen molar-refractivity contribution in [1.82, 2.24) is 9.13 Å². The van der Waals surface area contributed by atoms with Crippen LogP contribution in [0.15, 0.2) is 65.5 Å². The molecule has 11 heteroatoms. The number of carbonyl (C=O) groups is 1. The van der Waals surface area contributed by atoms with Crippen LogP contribution in [0, 0.1) is 0 Å². The zero-order chi connectivity index (χ0) is 27.3. The van der Waals surface area contributed by atoms with Crippen LogP contribution in [0.4, 0.5) is 18.0 Å². The molecule has 0 fully saturated rings. The van der Waals surface area contributed by atoms with Crippen LogP contribution in [0.25, 0.3) is 22.2 Å². The Labute approximate surface area is 213 Å². The van der Waals surface area contributed by atoms with Crippen LogP contribution in [0.3, 0.4) is 0 Å². The van der Waals surface area contributed by atoms with E-state index in [0.717, 1.165) is 6.07 Å². The van der Waals surface area contributed by atoms with Crippen molar-refractivity contribution in [3.05, 3.63) is 87.3 Å². The molecule has 2 N–H and O–H groups in total. The van der Waals surface area contributed by atoms with Gasteiger partial charge in [-0.3, -0.25) is 9.13 Å². The quantitative estimate of drug-likeness (QED) is 0.249. The first-order valence-corrected chi connectivity index (χ1v) is 11.4. The van der Waals surface area contributed by atoms with Crippen LogP contribution >= 0.6 is 11.6 Å². The Morgan fingerprint density at radius 1 is 0.946 bits per heavy atom. The van der Waals surface area contributed by atoms with Crippen LogP contribution in [-0.2, 0) is 19.7 Å². The summed E-state index contributed by atoms with van der Waals surface area (Å²) >= 11 is 6.43. The molecule has 0 aliphatic rings. The number of rotatable bonds is 5. The fraction of sp³-hybridized carbons (Fsp3) is 0.231. The lowest BCUT2D eigenvalue weighted by molar-refractivity contribution is -0.274. The predicted molar refractivity (Wildman–Crippen MR) is 132 cm³/mol. The van der Waals surface area contributed by atoms with Gasteiger partial charge in [0.15, 0.2) is 5.60 Å². The minimum atomic E-state index is -5.07. The normalized spacial score (nSPS) is 14.4. The van der Waals surface area contributed by atoms with Gasteiger partial charge in [-0.15, -0.1) is 0 Å². The highest BCUT2D eigenvalue weighted by molar-refractivity contribution is 6.31. The minimum Gasteiger partial charge on any atom is -0.449 e. The number of hydrogen-bond acceptors (Lipinski definition) is 4. The number of aromatic nitrogens is 2. The van der Waals surface area contributed by atoms with Gasteiger partial charge in [-0.25, -0.2) is 9.59 Å². The summed E-state index contributed by atoms with van der Waals surface area (Å²) in [6.07, 6.45) is -6.53. The maximum Gasteiger partial charge on any atom is 0.511 e. The van der Waals surface area contributed by atoms with E-state index in [1.807, 2.05) is 0 Å². The highest BCUT2D eigenvalue weighted by Gasteiger charge is 2.59. The number of fused-ring (bicyclic) bond motifs is 1. The van der Waals surface area contributed by atoms with E-state index in [-0.39, 0.29) is 21.9 Å². The molecule has 0 saturated heterocycles. The summed E-state index contributed by atoms with van der Waals surface area (Å²) in [5.74, 6) is -1.41. The van der Waals surface area contributed by atoms with Crippen LogP contribution in [-0.4, -0.2) is 31.7 Å². The summed E-state index contributed by atoms with van der Waals surface area (Å²) in [5, 5.41) is 19.9. The molecular formula is C26H22ClF3N2O5. The third-order valence-electron chi connectivity index (χ3n) is 6.63. The fourth-order valence-corrected chi connectivity index (χ4v) is 4.85. The average molecular weight is 535 g/mol. The van der Waals surface area contributed by atoms with E-state index >= 15 is 0 Å². The Morgan fingerprint density at radius 3 is 2.11 bits per heavy atom. The summed E-state index contributed by atoms with van der Waals surface area (Å²) in [7, 11) is 2.96. The zero-order valence-electron chi connectivity index (χ0n) is 19.9. The van der Waals surface area contributed by atoms with Crippen molar-refractivity contribution in [2.45, 2.75) is 24.6 Å². The number of carboxylic acid groups (broad SMARTS) is 1. The third-order valence-corrected chi connectivity index (χ3v) is 6.96. The number of ether oxygens (including phenoxy) is 1. The second-order valence-corrected chi connectivity index (χ2v) is 9.13. The monoisotopic (exact) mass is 534 g/mol. The van der Waals surface area contributed by atoms with Gasteiger partial charge >= 0.3 is 18.0 Å². The van der Waals surface area contributed by atoms with Crippen molar-refractivity contribution in [3.63, 3.8) is 0 Å². The molecule has 0 spiro atoms. The first-order chi connectivity index (χ1) is 17.3. The Balaban J connectivity index is 1.76. The fourth-order valence-electron chi connectivity index (χ4n) is 4.50. The van der Waals surface area contributed by atoms with Gasteiger partial charge in [0.2, 0.25) is 0 Å². The highest BCUT2D eigenvalue weighted by Crippen LogP contribution is 2.50. The Morgan fingerprint density at radius 2 is 1.54 bits per heavy atom. The molecule has 4 rings (SSSR count). The topological polar surface area (TPSA) is 93.7 Å². The van der Waals surface area contributed by atoms with Crippen molar-refractivity contribution in [2.24, 2.45) is 14.1 Å². The minimum absolute atomic E-state index is 0.00623. The molecule has 4 aromatic rings. The van der Waals surface area contributed by atoms with Gasteiger partial charge < -0.3 is 14.9 Å². The summed E-state index contributed by atoms with van der Waals surface area (Å²) in [6.45, 7) is 1.24. The van der Waals surface area contributed by atoms with Crippen LogP contribution < -0.4 is 10.4 Å². The van der Waals surface area contributed by atoms with Crippen molar-refractivity contribution >= 4 is 28.8 Å². The van der Waals surface area contributed by atoms with Crippen molar-refractivity contribution < 1.29 is 32.9 Å². The number of nitrogens with zero attached hydrogens (tertiary/aromatic N) is 2. The second-order valence-electron chi connectivity index (χ2n) is 8.72. The van der Waals surface area contributed by atoms with Gasteiger partial charge in [-0.1, -0.05) is 48.9 Å². The summed E-state index contributed by atoms with van der Waals surface area (Å²) in [6, 6.07) is 14.2. The van der Waals surface area contributed by atoms with Crippen molar-refractivity contribution in [3.8, 4) is 16.9 Å². The molecule has 2 atom stereocenters. The van der Waals surface area contributed by atoms with E-state index in [4.69, 9.17) is 16.7 Å². The zero-order valence-corrected chi connectivity index (χ0v) is 20.6. The van der Waals surface area contributed by atoms with Gasteiger partial charge in [0.1, 0.15) is 5.75 Å². The maximum atomic E-state index is 14.5. The van der Waals surface area contributed by atoms with E-state index in [2.05, 4.69) is 4.74 Å². The Hall–Kier alpha value is -3.76. The van der Waals surface area contributed by atoms with Gasteiger partial charge in [-0.2, -0.15) is 13.2 Å². The standard InChI is InChI=1S/C26H22ClF3N2O5/c1-14(19-10-6-16(12-20(19)27)15-4-8-18(9-5-15)37-24(34)35)25(36,26(28,29)30)17-7-11-21-22(13-17)32(3)23(33)31(21)2/h4-14,36H,1-3H3,(H,34,35). The molecule has 3 aromatic carbocycles. The lowest BCUT2D eigenvalue weighted by atomic mass is 9.77. The molecule has 1 heterocycles. The molecule has 0 bridgehead atoms.